The highest BCUT2D eigenvalue weighted by atomic mass is 35.5. The van der Waals surface area contributed by atoms with Gasteiger partial charge in [0, 0.05) is 36.8 Å². The highest BCUT2D eigenvalue weighted by Gasteiger charge is 2.33. The molecule has 1 saturated heterocycles. The molecule has 0 unspecified atom stereocenters. The third kappa shape index (κ3) is 6.71. The molecule has 1 N–H and O–H groups in total. The van der Waals surface area contributed by atoms with Crippen LogP contribution in [0.5, 0.6) is 0 Å². The Morgan fingerprint density at radius 2 is 1.67 bits per heavy atom. The van der Waals surface area contributed by atoms with Crippen LogP contribution in [-0.4, -0.2) is 59.9 Å². The molecule has 1 heterocycles. The van der Waals surface area contributed by atoms with Gasteiger partial charge in [-0.1, -0.05) is 68.3 Å². The van der Waals surface area contributed by atoms with Crippen molar-refractivity contribution >= 4 is 29.5 Å². The number of nitrogens with zero attached hydrogens (tertiary/aromatic N) is 2. The van der Waals surface area contributed by atoms with E-state index in [1.165, 1.54) is 0 Å². The van der Waals surface area contributed by atoms with Crippen LogP contribution in [-0.2, 0) is 16.1 Å². The molecule has 1 fully saturated rings. The van der Waals surface area contributed by atoms with Gasteiger partial charge in [0.15, 0.2) is 0 Å². The second-order valence-electron chi connectivity index (χ2n) is 8.20. The van der Waals surface area contributed by atoms with Gasteiger partial charge in [0.05, 0.1) is 0 Å². The van der Waals surface area contributed by atoms with Crippen molar-refractivity contribution in [3.63, 3.8) is 0 Å². The number of hydrogen-bond acceptors (Lipinski definition) is 4. The van der Waals surface area contributed by atoms with E-state index in [9.17, 15) is 14.4 Å². The van der Waals surface area contributed by atoms with Gasteiger partial charge in [-0.25, -0.2) is 4.79 Å². The number of benzene rings is 2. The Bertz CT molecular complexity index is 961. The fourth-order valence-corrected chi connectivity index (χ4v) is 3.90. The molecule has 3 amide bonds. The maximum absolute atomic E-state index is 13.2. The minimum absolute atomic E-state index is 0.0621. The van der Waals surface area contributed by atoms with E-state index in [0.29, 0.717) is 36.8 Å². The van der Waals surface area contributed by atoms with Gasteiger partial charge in [-0.15, -0.1) is 0 Å². The fourth-order valence-electron chi connectivity index (χ4n) is 3.71. The standard InChI is InChI=1S/C25H30ClN3O4/c1-3-18(2)22(27-25(32)33-17-19-8-5-4-6-9-19)24(31)29-14-12-28(13-15-29)23(30)20-10-7-11-21(26)16-20/h4-11,16,18,22H,3,12-15,17H2,1-2H3,(H,27,32)/t18-,22-/m0/s1. The highest BCUT2D eigenvalue weighted by Crippen LogP contribution is 2.16. The van der Waals surface area contributed by atoms with Gasteiger partial charge in [-0.3, -0.25) is 9.59 Å². The molecule has 3 rings (SSSR count). The number of nitrogens with one attached hydrogen (secondary N) is 1. The maximum atomic E-state index is 13.2. The summed E-state index contributed by atoms with van der Waals surface area (Å²) in [4.78, 5) is 41.8. The van der Waals surface area contributed by atoms with E-state index in [1.54, 1.807) is 34.1 Å². The minimum Gasteiger partial charge on any atom is -0.445 e. The van der Waals surface area contributed by atoms with Crippen LogP contribution in [0.3, 0.4) is 0 Å². The zero-order chi connectivity index (χ0) is 23.8. The van der Waals surface area contributed by atoms with Crippen molar-refractivity contribution in [2.24, 2.45) is 5.92 Å². The van der Waals surface area contributed by atoms with Crippen LogP contribution in [0, 0.1) is 5.92 Å². The minimum atomic E-state index is -0.687. The van der Waals surface area contributed by atoms with E-state index in [0.717, 1.165) is 12.0 Å². The first-order valence-electron chi connectivity index (χ1n) is 11.2. The van der Waals surface area contributed by atoms with Crippen LogP contribution in [0.1, 0.15) is 36.2 Å². The molecule has 8 heteroatoms. The molecule has 0 spiro atoms. The summed E-state index contributed by atoms with van der Waals surface area (Å²) in [7, 11) is 0. The van der Waals surface area contributed by atoms with E-state index >= 15 is 0 Å². The fraction of sp³-hybridized carbons (Fsp3) is 0.400. The second-order valence-corrected chi connectivity index (χ2v) is 8.63. The predicted octanol–water partition coefficient (Wildman–Crippen LogP) is 3.97. The smallest absolute Gasteiger partial charge is 0.408 e. The number of ether oxygens (including phenoxy) is 1. The molecule has 0 saturated carbocycles. The van der Waals surface area contributed by atoms with Gasteiger partial charge in [0.2, 0.25) is 5.91 Å². The normalized spacial score (nSPS) is 15.5. The van der Waals surface area contributed by atoms with Crippen LogP contribution < -0.4 is 5.32 Å². The summed E-state index contributed by atoms with van der Waals surface area (Å²) >= 11 is 6.00. The van der Waals surface area contributed by atoms with Crippen LogP contribution in [0.4, 0.5) is 4.79 Å². The van der Waals surface area contributed by atoms with Crippen molar-refractivity contribution in [2.45, 2.75) is 32.9 Å². The van der Waals surface area contributed by atoms with Crippen molar-refractivity contribution in [3.05, 3.63) is 70.7 Å². The summed E-state index contributed by atoms with van der Waals surface area (Å²) < 4.78 is 5.31. The zero-order valence-electron chi connectivity index (χ0n) is 19.0. The molecule has 7 nitrogen and oxygen atoms in total. The number of alkyl carbamates (subject to hydrolysis) is 1. The maximum Gasteiger partial charge on any atom is 0.408 e. The van der Waals surface area contributed by atoms with E-state index in [4.69, 9.17) is 16.3 Å². The lowest BCUT2D eigenvalue weighted by atomic mass is 9.97. The second kappa shape index (κ2) is 11.7. The molecular weight excluding hydrogens is 442 g/mol. The van der Waals surface area contributed by atoms with Crippen molar-refractivity contribution in [1.82, 2.24) is 15.1 Å². The summed E-state index contributed by atoms with van der Waals surface area (Å²) in [6, 6.07) is 15.5. The van der Waals surface area contributed by atoms with E-state index in [-0.39, 0.29) is 24.3 Å². The van der Waals surface area contributed by atoms with Crippen LogP contribution in [0.2, 0.25) is 5.02 Å². The Hall–Kier alpha value is -3.06. The molecular formula is C25H30ClN3O4. The first kappa shape index (κ1) is 24.6. The third-order valence-electron chi connectivity index (χ3n) is 5.92. The van der Waals surface area contributed by atoms with Gasteiger partial charge in [-0.2, -0.15) is 0 Å². The van der Waals surface area contributed by atoms with Crippen LogP contribution in [0.25, 0.3) is 0 Å². The van der Waals surface area contributed by atoms with E-state index < -0.39 is 12.1 Å². The lowest BCUT2D eigenvalue weighted by molar-refractivity contribution is -0.136. The van der Waals surface area contributed by atoms with Gasteiger partial charge >= 0.3 is 6.09 Å². The number of carbonyl (C=O) groups excluding carboxylic acids is 3. The number of amides is 3. The first-order valence-corrected chi connectivity index (χ1v) is 11.6. The van der Waals surface area contributed by atoms with Crippen LogP contribution in [0.15, 0.2) is 54.6 Å². The summed E-state index contributed by atoms with van der Waals surface area (Å²) in [5.74, 6) is -0.325. The first-order chi connectivity index (χ1) is 15.9. The molecule has 1 aliphatic heterocycles. The summed E-state index contributed by atoms with van der Waals surface area (Å²) in [5.41, 5.74) is 1.40. The number of halogens is 1. The molecule has 2 aromatic rings. The Balaban J connectivity index is 1.56. The average molecular weight is 472 g/mol. The molecule has 0 aliphatic carbocycles. The van der Waals surface area contributed by atoms with Gasteiger partial charge in [0.25, 0.3) is 5.91 Å². The molecule has 0 radical (unpaired) electrons. The molecule has 0 bridgehead atoms. The van der Waals surface area contributed by atoms with Crippen LogP contribution >= 0.6 is 11.6 Å². The largest absolute Gasteiger partial charge is 0.445 e. The monoisotopic (exact) mass is 471 g/mol. The highest BCUT2D eigenvalue weighted by molar-refractivity contribution is 6.30. The Kier molecular flexibility index (Phi) is 8.72. The summed E-state index contributed by atoms with van der Waals surface area (Å²) in [6.45, 7) is 5.68. The Morgan fingerprint density at radius 1 is 1.00 bits per heavy atom. The molecule has 1 aliphatic rings. The van der Waals surface area contributed by atoms with Crippen molar-refractivity contribution in [2.75, 3.05) is 26.2 Å². The Labute approximate surface area is 199 Å². The predicted molar refractivity (Wildman–Crippen MR) is 127 cm³/mol. The zero-order valence-corrected chi connectivity index (χ0v) is 19.8. The summed E-state index contributed by atoms with van der Waals surface area (Å²) in [6.07, 6.45) is 0.107. The quantitative estimate of drug-likeness (QED) is 0.662. The topological polar surface area (TPSA) is 79.0 Å². The molecule has 0 aromatic heterocycles. The lowest BCUT2D eigenvalue weighted by Gasteiger charge is -2.37. The van der Waals surface area contributed by atoms with Gasteiger partial charge in [-0.05, 0) is 29.7 Å². The number of carbonyl (C=O) groups is 3. The van der Waals surface area contributed by atoms with Crippen molar-refractivity contribution < 1.29 is 19.1 Å². The average Bonchev–Trinajstić information content (AvgIpc) is 2.85. The third-order valence-corrected chi connectivity index (χ3v) is 6.15. The van der Waals surface area contributed by atoms with E-state index in [1.807, 2.05) is 44.2 Å². The van der Waals surface area contributed by atoms with Gasteiger partial charge < -0.3 is 19.9 Å². The number of hydrogen-bond donors (Lipinski definition) is 1. The lowest BCUT2D eigenvalue weighted by Crippen LogP contribution is -2.57. The summed E-state index contributed by atoms with van der Waals surface area (Å²) in [5, 5.41) is 3.26. The van der Waals surface area contributed by atoms with Gasteiger partial charge in [0.1, 0.15) is 12.6 Å². The molecule has 176 valence electrons. The van der Waals surface area contributed by atoms with E-state index in [2.05, 4.69) is 5.32 Å². The molecule has 2 aromatic carbocycles. The van der Waals surface area contributed by atoms with Crippen molar-refractivity contribution in [1.29, 1.82) is 0 Å². The number of rotatable bonds is 7. The number of piperazine rings is 1. The SMILES string of the molecule is CC[C@H](C)[C@H](NC(=O)OCc1ccccc1)C(=O)N1CCN(C(=O)c2cccc(Cl)c2)CC1. The van der Waals surface area contributed by atoms with Crippen molar-refractivity contribution in [3.8, 4) is 0 Å². The Morgan fingerprint density at radius 3 is 2.30 bits per heavy atom. The molecule has 2 atom stereocenters. The molecule has 33 heavy (non-hydrogen) atoms.